The Balaban J connectivity index is 1.52. The van der Waals surface area contributed by atoms with Crippen LogP contribution in [-0.2, 0) is 17.8 Å². The van der Waals surface area contributed by atoms with Crippen molar-refractivity contribution < 1.29 is 9.53 Å². The average Bonchev–Trinajstić information content (AvgIpc) is 3.32. The van der Waals surface area contributed by atoms with Crippen molar-refractivity contribution in [3.63, 3.8) is 0 Å². The number of halogens is 1. The van der Waals surface area contributed by atoms with Gasteiger partial charge in [0.15, 0.2) is 0 Å². The van der Waals surface area contributed by atoms with Crippen LogP contribution >= 0.6 is 11.6 Å². The lowest BCUT2D eigenvalue weighted by Gasteiger charge is -2.37. The first-order valence-electron chi connectivity index (χ1n) is 13.9. The summed E-state index contributed by atoms with van der Waals surface area (Å²) in [5.41, 5.74) is 9.27. The molecular weight excluding hydrogens is 506 g/mol. The molecule has 2 aromatic carbocycles. The van der Waals surface area contributed by atoms with Crippen molar-refractivity contribution in [3.05, 3.63) is 87.7 Å². The van der Waals surface area contributed by atoms with Gasteiger partial charge in [0.1, 0.15) is 5.75 Å². The third kappa shape index (κ3) is 5.48. The number of carbonyl (C=O) groups is 1. The molecule has 1 N–H and O–H groups in total. The highest BCUT2D eigenvalue weighted by atomic mass is 35.5. The molecular formula is C33H38ClN3O2. The number of hydrogen-bond donors (Lipinski definition) is 1. The van der Waals surface area contributed by atoms with Crippen LogP contribution in [0, 0.1) is 20.8 Å². The number of nitrogens with zero attached hydrogens (tertiary/aromatic N) is 2. The van der Waals surface area contributed by atoms with Crippen LogP contribution in [0.3, 0.4) is 0 Å². The van der Waals surface area contributed by atoms with Gasteiger partial charge < -0.3 is 15.0 Å². The molecule has 6 heteroatoms. The van der Waals surface area contributed by atoms with Crippen LogP contribution in [0.25, 0.3) is 16.2 Å². The number of ether oxygens (including phenoxy) is 1. The van der Waals surface area contributed by atoms with Crippen LogP contribution in [0.4, 0.5) is 0 Å². The molecule has 0 saturated heterocycles. The monoisotopic (exact) mass is 543 g/mol. The van der Waals surface area contributed by atoms with Gasteiger partial charge in [-0.05, 0) is 94.0 Å². The smallest absolute Gasteiger partial charge is 0.252 e. The quantitative estimate of drug-likeness (QED) is 0.358. The van der Waals surface area contributed by atoms with Gasteiger partial charge in [-0.1, -0.05) is 35.9 Å². The van der Waals surface area contributed by atoms with Crippen LogP contribution in [0.2, 0.25) is 0 Å². The van der Waals surface area contributed by atoms with Crippen molar-refractivity contribution in [2.75, 3.05) is 14.2 Å². The standard InChI is InChI=1S/C33H38ClN3O2/c1-20-6-7-21(2)31-28(20)17-29(32(31)34)33(38)37(27-13-11-26(35-4)12-14-27)19-25-16-23(10-15-30(25)39-5)24-9-8-22(3)36-18-24/h6-10,15-16,18,26-27,35H,11-14,17,19H2,1-5H3/t26-,27+. The van der Waals surface area contributed by atoms with E-state index in [-0.39, 0.29) is 11.9 Å². The van der Waals surface area contributed by atoms with E-state index < -0.39 is 0 Å². The summed E-state index contributed by atoms with van der Waals surface area (Å²) in [7, 11) is 3.71. The molecule has 1 saturated carbocycles. The zero-order chi connectivity index (χ0) is 27.7. The number of methoxy groups -OCH3 is 1. The van der Waals surface area contributed by atoms with E-state index in [9.17, 15) is 4.79 Å². The van der Waals surface area contributed by atoms with Gasteiger partial charge in [0.05, 0.1) is 12.1 Å². The van der Waals surface area contributed by atoms with Gasteiger partial charge in [-0.25, -0.2) is 0 Å². The molecule has 0 atom stereocenters. The molecule has 1 aromatic heterocycles. The Kier molecular flexibility index (Phi) is 8.11. The number of nitrogens with one attached hydrogen (secondary N) is 1. The number of hydrogen-bond acceptors (Lipinski definition) is 4. The van der Waals surface area contributed by atoms with E-state index >= 15 is 0 Å². The molecule has 3 aromatic rings. The molecule has 5 nitrogen and oxygen atoms in total. The third-order valence-corrected chi connectivity index (χ3v) is 8.94. The first kappa shape index (κ1) is 27.4. The molecule has 2 aliphatic carbocycles. The van der Waals surface area contributed by atoms with Crippen molar-refractivity contribution >= 4 is 22.5 Å². The summed E-state index contributed by atoms with van der Waals surface area (Å²) in [6.45, 7) is 6.62. The summed E-state index contributed by atoms with van der Waals surface area (Å²) in [4.78, 5) is 21.0. The summed E-state index contributed by atoms with van der Waals surface area (Å²) < 4.78 is 5.78. The lowest BCUT2D eigenvalue weighted by molar-refractivity contribution is -0.130. The average molecular weight is 544 g/mol. The van der Waals surface area contributed by atoms with Gasteiger partial charge in [-0.3, -0.25) is 9.78 Å². The topological polar surface area (TPSA) is 54.5 Å². The Morgan fingerprint density at radius 2 is 1.74 bits per heavy atom. The molecule has 1 heterocycles. The van der Waals surface area contributed by atoms with E-state index in [1.54, 1.807) is 7.11 Å². The first-order chi connectivity index (χ1) is 18.8. The lowest BCUT2D eigenvalue weighted by Crippen LogP contribution is -2.45. The van der Waals surface area contributed by atoms with E-state index in [0.717, 1.165) is 64.9 Å². The SMILES string of the molecule is CN[C@H]1CC[C@@H](N(Cc2cc(-c3ccc(C)nc3)ccc2OC)C(=O)C2=C(Cl)c3c(C)ccc(C)c3C2)CC1. The fourth-order valence-electron chi connectivity index (χ4n) is 6.10. The van der Waals surface area contributed by atoms with Crippen molar-refractivity contribution in [2.24, 2.45) is 0 Å². The predicted octanol–water partition coefficient (Wildman–Crippen LogP) is 6.75. The number of carbonyl (C=O) groups excluding carboxylic acids is 1. The van der Waals surface area contributed by atoms with Gasteiger partial charge in [-0.15, -0.1) is 0 Å². The summed E-state index contributed by atoms with van der Waals surface area (Å²) in [5, 5.41) is 4.02. The van der Waals surface area contributed by atoms with E-state index in [2.05, 4.69) is 59.4 Å². The Morgan fingerprint density at radius 1 is 1.03 bits per heavy atom. The summed E-state index contributed by atoms with van der Waals surface area (Å²) in [5.74, 6) is 0.814. The second-order valence-electron chi connectivity index (χ2n) is 11.0. The Bertz CT molecular complexity index is 1410. The predicted molar refractivity (Wildman–Crippen MR) is 159 cm³/mol. The molecule has 1 fully saturated rings. The molecule has 0 unspecified atom stereocenters. The van der Waals surface area contributed by atoms with Crippen molar-refractivity contribution in [1.29, 1.82) is 0 Å². The summed E-state index contributed by atoms with van der Waals surface area (Å²) >= 11 is 6.98. The molecule has 5 rings (SSSR count). The van der Waals surface area contributed by atoms with Crippen LogP contribution in [-0.4, -0.2) is 42.0 Å². The van der Waals surface area contributed by atoms with E-state index in [1.807, 2.05) is 32.3 Å². The highest BCUT2D eigenvalue weighted by Gasteiger charge is 2.35. The molecule has 0 spiro atoms. The zero-order valence-electron chi connectivity index (χ0n) is 23.6. The van der Waals surface area contributed by atoms with Crippen molar-refractivity contribution in [1.82, 2.24) is 15.2 Å². The van der Waals surface area contributed by atoms with Crippen LogP contribution in [0.5, 0.6) is 5.75 Å². The fraction of sp³-hybridized carbons (Fsp3) is 0.394. The van der Waals surface area contributed by atoms with E-state index in [0.29, 0.717) is 29.6 Å². The number of benzene rings is 2. The van der Waals surface area contributed by atoms with Gasteiger partial charge in [0, 0.05) is 59.2 Å². The zero-order valence-corrected chi connectivity index (χ0v) is 24.4. The number of fused-ring (bicyclic) bond motifs is 1. The lowest BCUT2D eigenvalue weighted by atomic mass is 9.89. The highest BCUT2D eigenvalue weighted by Crippen LogP contribution is 2.41. The molecule has 2 aliphatic rings. The van der Waals surface area contributed by atoms with Crippen LogP contribution in [0.15, 0.2) is 54.2 Å². The van der Waals surface area contributed by atoms with Crippen LogP contribution < -0.4 is 10.1 Å². The van der Waals surface area contributed by atoms with E-state index in [1.165, 1.54) is 11.1 Å². The third-order valence-electron chi connectivity index (χ3n) is 8.52. The Morgan fingerprint density at radius 3 is 2.38 bits per heavy atom. The Labute approximate surface area is 237 Å². The summed E-state index contributed by atoms with van der Waals surface area (Å²) in [6, 6.07) is 15.1. The van der Waals surface area contributed by atoms with Gasteiger partial charge in [-0.2, -0.15) is 0 Å². The largest absolute Gasteiger partial charge is 0.496 e. The normalized spacial score (nSPS) is 18.7. The minimum atomic E-state index is 0.0346. The van der Waals surface area contributed by atoms with Gasteiger partial charge in [0.2, 0.25) is 0 Å². The van der Waals surface area contributed by atoms with Crippen molar-refractivity contribution in [2.45, 2.75) is 71.5 Å². The molecule has 0 bridgehead atoms. The molecule has 1 amide bonds. The molecule has 39 heavy (non-hydrogen) atoms. The van der Waals surface area contributed by atoms with Gasteiger partial charge in [0.25, 0.3) is 5.91 Å². The molecule has 0 aliphatic heterocycles. The maximum absolute atomic E-state index is 14.4. The number of amides is 1. The number of rotatable bonds is 7. The fourth-order valence-corrected chi connectivity index (χ4v) is 6.51. The highest BCUT2D eigenvalue weighted by molar-refractivity contribution is 6.52. The second-order valence-corrected chi connectivity index (χ2v) is 11.3. The van der Waals surface area contributed by atoms with Crippen molar-refractivity contribution in [3.8, 4) is 16.9 Å². The summed E-state index contributed by atoms with van der Waals surface area (Å²) in [6.07, 6.45) is 6.47. The number of pyridine rings is 1. The maximum atomic E-state index is 14.4. The minimum Gasteiger partial charge on any atom is -0.496 e. The maximum Gasteiger partial charge on any atom is 0.252 e. The first-order valence-corrected chi connectivity index (χ1v) is 14.2. The van der Waals surface area contributed by atoms with Gasteiger partial charge >= 0.3 is 0 Å². The molecule has 204 valence electrons. The number of aromatic nitrogens is 1. The number of aryl methyl sites for hydroxylation is 3. The second kappa shape index (κ2) is 11.5. The Hall–Kier alpha value is -3.15. The molecule has 0 radical (unpaired) electrons. The van der Waals surface area contributed by atoms with E-state index in [4.69, 9.17) is 16.3 Å². The van der Waals surface area contributed by atoms with Crippen LogP contribution in [0.1, 0.15) is 59.2 Å². The minimum absolute atomic E-state index is 0.0346.